The summed E-state index contributed by atoms with van der Waals surface area (Å²) in [7, 11) is 0. The molecular weight excluding hydrogens is 284 g/mol. The summed E-state index contributed by atoms with van der Waals surface area (Å²) in [6, 6.07) is 3.78. The lowest BCUT2D eigenvalue weighted by Crippen LogP contribution is -2.12. The van der Waals surface area contributed by atoms with Gasteiger partial charge in [-0.3, -0.25) is 0 Å². The maximum absolute atomic E-state index is 5.82. The minimum Gasteiger partial charge on any atom is -0.490 e. The molecule has 0 aliphatic heterocycles. The van der Waals surface area contributed by atoms with E-state index in [1.54, 1.807) is 0 Å². The van der Waals surface area contributed by atoms with Gasteiger partial charge in [-0.2, -0.15) is 0 Å². The average Bonchev–Trinajstić information content (AvgIpc) is 2.51. The Hall–Kier alpha value is -1.46. The highest BCUT2D eigenvalue weighted by Crippen LogP contribution is 2.43. The highest BCUT2D eigenvalue weighted by atomic mass is 16.7. The summed E-state index contributed by atoms with van der Waals surface area (Å²) >= 11 is 0. The van der Waals surface area contributed by atoms with Crippen molar-refractivity contribution in [3.63, 3.8) is 0 Å². The van der Waals surface area contributed by atoms with E-state index < -0.39 is 6.29 Å². The minimum atomic E-state index is -0.480. The van der Waals surface area contributed by atoms with Gasteiger partial charge < -0.3 is 23.7 Å². The maximum atomic E-state index is 5.82. The summed E-state index contributed by atoms with van der Waals surface area (Å²) in [6.45, 7) is 12.4. The van der Waals surface area contributed by atoms with Crippen LogP contribution in [0, 0.1) is 0 Å². The van der Waals surface area contributed by atoms with Gasteiger partial charge in [0.15, 0.2) is 17.8 Å². The van der Waals surface area contributed by atoms with Crippen molar-refractivity contribution in [2.75, 3.05) is 33.0 Å². The van der Waals surface area contributed by atoms with Crippen molar-refractivity contribution in [2.45, 2.75) is 40.9 Å². The Balaban J connectivity index is 3.32. The van der Waals surface area contributed by atoms with E-state index in [-0.39, 0.29) is 0 Å². The Kier molecular flexibility index (Phi) is 8.70. The van der Waals surface area contributed by atoms with Crippen LogP contribution in [0.2, 0.25) is 0 Å². The van der Waals surface area contributed by atoms with E-state index in [1.807, 2.05) is 46.8 Å². The lowest BCUT2D eigenvalue weighted by Gasteiger charge is -2.23. The topological polar surface area (TPSA) is 46.2 Å². The molecule has 1 aromatic carbocycles. The van der Waals surface area contributed by atoms with Crippen LogP contribution in [0.3, 0.4) is 0 Å². The molecule has 5 heteroatoms. The van der Waals surface area contributed by atoms with Crippen LogP contribution >= 0.6 is 0 Å². The Bertz CT molecular complexity index is 427. The van der Waals surface area contributed by atoms with Gasteiger partial charge in [-0.1, -0.05) is 0 Å². The standard InChI is InChI=1S/C17H28O5/c1-6-18-14-12-11-13(17(21-9-4)22-10-5)15(19-7-2)16(14)20-8-3/h11-12,17H,6-10H2,1-5H3. The number of benzene rings is 1. The van der Waals surface area contributed by atoms with Gasteiger partial charge >= 0.3 is 0 Å². The second kappa shape index (κ2) is 10.3. The summed E-state index contributed by atoms with van der Waals surface area (Å²) in [5, 5.41) is 0. The van der Waals surface area contributed by atoms with Gasteiger partial charge in [0.25, 0.3) is 0 Å². The lowest BCUT2D eigenvalue weighted by molar-refractivity contribution is -0.141. The van der Waals surface area contributed by atoms with Crippen LogP contribution in [-0.2, 0) is 9.47 Å². The quantitative estimate of drug-likeness (QED) is 0.579. The molecular formula is C17H28O5. The number of hydrogen-bond acceptors (Lipinski definition) is 5. The molecule has 0 saturated carbocycles. The molecule has 0 saturated heterocycles. The lowest BCUT2D eigenvalue weighted by atomic mass is 10.1. The third-order valence-corrected chi connectivity index (χ3v) is 2.87. The maximum Gasteiger partial charge on any atom is 0.204 e. The van der Waals surface area contributed by atoms with E-state index >= 15 is 0 Å². The van der Waals surface area contributed by atoms with Crippen molar-refractivity contribution in [1.29, 1.82) is 0 Å². The molecule has 5 nitrogen and oxygen atoms in total. The second-order valence-electron chi connectivity index (χ2n) is 4.35. The van der Waals surface area contributed by atoms with Gasteiger partial charge in [-0.15, -0.1) is 0 Å². The van der Waals surface area contributed by atoms with Crippen molar-refractivity contribution < 1.29 is 23.7 Å². The van der Waals surface area contributed by atoms with Crippen LogP contribution in [0.4, 0.5) is 0 Å². The van der Waals surface area contributed by atoms with Crippen molar-refractivity contribution in [2.24, 2.45) is 0 Å². The Morgan fingerprint density at radius 1 is 0.682 bits per heavy atom. The zero-order valence-corrected chi connectivity index (χ0v) is 14.3. The fourth-order valence-electron chi connectivity index (χ4n) is 2.12. The van der Waals surface area contributed by atoms with E-state index in [0.717, 1.165) is 5.56 Å². The van der Waals surface area contributed by atoms with E-state index in [2.05, 4.69) is 0 Å². The van der Waals surface area contributed by atoms with Crippen LogP contribution in [-0.4, -0.2) is 33.0 Å². The molecule has 0 unspecified atom stereocenters. The third kappa shape index (κ3) is 4.78. The molecule has 0 aliphatic rings. The zero-order valence-electron chi connectivity index (χ0n) is 14.3. The van der Waals surface area contributed by atoms with Gasteiger partial charge in [-0.25, -0.2) is 0 Å². The predicted molar refractivity (Wildman–Crippen MR) is 85.9 cm³/mol. The van der Waals surface area contributed by atoms with Gasteiger partial charge in [0.1, 0.15) is 0 Å². The fraction of sp³-hybridized carbons (Fsp3) is 0.647. The van der Waals surface area contributed by atoms with Crippen LogP contribution in [0.25, 0.3) is 0 Å². The summed E-state index contributed by atoms with van der Waals surface area (Å²) in [4.78, 5) is 0. The molecule has 0 heterocycles. The number of hydrogen-bond donors (Lipinski definition) is 0. The van der Waals surface area contributed by atoms with E-state index in [4.69, 9.17) is 23.7 Å². The van der Waals surface area contributed by atoms with Crippen molar-refractivity contribution >= 4 is 0 Å². The van der Waals surface area contributed by atoms with Gasteiger partial charge in [0.05, 0.1) is 25.4 Å². The molecule has 0 aromatic heterocycles. The molecule has 22 heavy (non-hydrogen) atoms. The summed E-state index contributed by atoms with van der Waals surface area (Å²) in [5.74, 6) is 1.90. The number of rotatable bonds is 11. The van der Waals surface area contributed by atoms with Gasteiger partial charge in [0.2, 0.25) is 5.75 Å². The molecule has 126 valence electrons. The van der Waals surface area contributed by atoms with Crippen LogP contribution in [0.1, 0.15) is 46.5 Å². The Morgan fingerprint density at radius 3 is 1.73 bits per heavy atom. The normalized spacial score (nSPS) is 10.8. The molecule has 0 N–H and O–H groups in total. The molecule has 0 spiro atoms. The monoisotopic (exact) mass is 312 g/mol. The van der Waals surface area contributed by atoms with Gasteiger partial charge in [-0.05, 0) is 46.8 Å². The molecule has 0 fully saturated rings. The Morgan fingerprint density at radius 2 is 1.23 bits per heavy atom. The first-order valence-electron chi connectivity index (χ1n) is 8.01. The highest BCUT2D eigenvalue weighted by molar-refractivity contribution is 5.56. The zero-order chi connectivity index (χ0) is 16.4. The largest absolute Gasteiger partial charge is 0.490 e. The molecule has 0 bridgehead atoms. The average molecular weight is 312 g/mol. The fourth-order valence-corrected chi connectivity index (χ4v) is 2.12. The summed E-state index contributed by atoms with van der Waals surface area (Å²) in [5.41, 5.74) is 0.817. The van der Waals surface area contributed by atoms with Crippen molar-refractivity contribution in [3.05, 3.63) is 17.7 Å². The van der Waals surface area contributed by atoms with Crippen molar-refractivity contribution in [3.8, 4) is 17.2 Å². The number of ether oxygens (including phenoxy) is 5. The summed E-state index contributed by atoms with van der Waals surface area (Å²) < 4.78 is 28.6. The first-order valence-corrected chi connectivity index (χ1v) is 8.01. The van der Waals surface area contributed by atoms with Crippen LogP contribution in [0.15, 0.2) is 12.1 Å². The predicted octanol–water partition coefficient (Wildman–Crippen LogP) is 3.95. The van der Waals surface area contributed by atoms with Crippen molar-refractivity contribution in [1.82, 2.24) is 0 Å². The molecule has 0 aliphatic carbocycles. The molecule has 1 rings (SSSR count). The molecule has 0 radical (unpaired) electrons. The minimum absolute atomic E-state index is 0.480. The molecule has 1 aromatic rings. The van der Waals surface area contributed by atoms with E-state index in [9.17, 15) is 0 Å². The van der Waals surface area contributed by atoms with Gasteiger partial charge in [0, 0.05) is 13.2 Å². The van der Waals surface area contributed by atoms with E-state index in [1.165, 1.54) is 0 Å². The SMILES string of the molecule is CCOc1ccc(C(OCC)OCC)c(OCC)c1OCC. The van der Waals surface area contributed by atoms with Crippen LogP contribution in [0.5, 0.6) is 17.2 Å². The smallest absolute Gasteiger partial charge is 0.204 e. The summed E-state index contributed by atoms with van der Waals surface area (Å²) in [6.07, 6.45) is -0.480. The second-order valence-corrected chi connectivity index (χ2v) is 4.35. The first-order chi connectivity index (χ1) is 10.7. The first kappa shape index (κ1) is 18.6. The Labute approximate surface area is 133 Å². The highest BCUT2D eigenvalue weighted by Gasteiger charge is 2.23. The molecule has 0 atom stereocenters. The third-order valence-electron chi connectivity index (χ3n) is 2.87. The molecule has 0 amide bonds. The van der Waals surface area contributed by atoms with E-state index in [0.29, 0.717) is 50.3 Å². The van der Waals surface area contributed by atoms with Crippen LogP contribution < -0.4 is 14.2 Å².